The van der Waals surface area contributed by atoms with Crippen LogP contribution in [0.5, 0.6) is 0 Å². The molecule has 26 heavy (non-hydrogen) atoms. The SMILES string of the molecule is Cc1ccc(C)c(NC(=S)N2CCN(Cc3cccc(F)c3F)CC2)c1. The lowest BCUT2D eigenvalue weighted by molar-refractivity contribution is 0.175. The number of halogens is 2. The molecule has 0 unspecified atom stereocenters. The molecule has 138 valence electrons. The van der Waals surface area contributed by atoms with E-state index in [-0.39, 0.29) is 0 Å². The van der Waals surface area contributed by atoms with Crippen molar-refractivity contribution in [1.29, 1.82) is 0 Å². The zero-order chi connectivity index (χ0) is 18.7. The van der Waals surface area contributed by atoms with Crippen molar-refractivity contribution >= 4 is 23.0 Å². The van der Waals surface area contributed by atoms with E-state index >= 15 is 0 Å². The molecule has 1 saturated heterocycles. The predicted octanol–water partition coefficient (Wildman–Crippen LogP) is 4.10. The van der Waals surface area contributed by atoms with E-state index in [1.165, 1.54) is 5.56 Å². The van der Waals surface area contributed by atoms with E-state index in [4.69, 9.17) is 12.2 Å². The Morgan fingerprint density at radius 3 is 2.54 bits per heavy atom. The lowest BCUT2D eigenvalue weighted by atomic mass is 10.1. The average Bonchev–Trinajstić information content (AvgIpc) is 2.62. The summed E-state index contributed by atoms with van der Waals surface area (Å²) in [6, 6.07) is 10.6. The van der Waals surface area contributed by atoms with Crippen LogP contribution in [-0.4, -0.2) is 41.1 Å². The molecule has 1 heterocycles. The minimum atomic E-state index is -0.792. The summed E-state index contributed by atoms with van der Waals surface area (Å²) in [6.07, 6.45) is 0. The maximum Gasteiger partial charge on any atom is 0.173 e. The first-order chi connectivity index (χ1) is 12.4. The molecular weight excluding hydrogens is 352 g/mol. The molecule has 0 saturated carbocycles. The lowest BCUT2D eigenvalue weighted by Gasteiger charge is -2.36. The van der Waals surface area contributed by atoms with Crippen LogP contribution < -0.4 is 5.32 Å². The van der Waals surface area contributed by atoms with E-state index in [2.05, 4.69) is 47.2 Å². The first-order valence-electron chi connectivity index (χ1n) is 8.72. The fraction of sp³-hybridized carbons (Fsp3) is 0.350. The standard InChI is InChI=1S/C20H23F2N3S/c1-14-6-7-15(2)18(12-14)23-20(26)25-10-8-24(9-11-25)13-16-4-3-5-17(21)19(16)22/h3-7,12H,8-11,13H2,1-2H3,(H,23,26). The molecule has 1 aliphatic heterocycles. The number of aryl methyl sites for hydroxylation is 2. The quantitative estimate of drug-likeness (QED) is 0.814. The van der Waals surface area contributed by atoms with Crippen molar-refractivity contribution < 1.29 is 8.78 Å². The van der Waals surface area contributed by atoms with E-state index in [0.717, 1.165) is 43.5 Å². The van der Waals surface area contributed by atoms with Crippen LogP contribution in [0.4, 0.5) is 14.5 Å². The number of hydrogen-bond donors (Lipinski definition) is 1. The van der Waals surface area contributed by atoms with Gasteiger partial charge in [0.2, 0.25) is 0 Å². The minimum absolute atomic E-state index is 0.398. The summed E-state index contributed by atoms with van der Waals surface area (Å²) in [7, 11) is 0. The number of benzene rings is 2. The Kier molecular flexibility index (Phi) is 5.84. The fourth-order valence-electron chi connectivity index (χ4n) is 3.09. The molecule has 1 aliphatic rings. The number of thiocarbonyl (C=S) groups is 1. The van der Waals surface area contributed by atoms with E-state index in [1.807, 2.05) is 0 Å². The van der Waals surface area contributed by atoms with Crippen LogP contribution in [0.1, 0.15) is 16.7 Å². The Morgan fingerprint density at radius 2 is 1.81 bits per heavy atom. The summed E-state index contributed by atoms with van der Waals surface area (Å²) in [5.41, 5.74) is 3.76. The van der Waals surface area contributed by atoms with Crippen LogP contribution >= 0.6 is 12.2 Å². The van der Waals surface area contributed by atoms with E-state index in [0.29, 0.717) is 17.2 Å². The zero-order valence-electron chi connectivity index (χ0n) is 15.1. The second-order valence-electron chi connectivity index (χ2n) is 6.72. The summed E-state index contributed by atoms with van der Waals surface area (Å²) >= 11 is 5.55. The molecule has 0 aliphatic carbocycles. The highest BCUT2D eigenvalue weighted by Gasteiger charge is 2.20. The number of rotatable bonds is 3. The predicted molar refractivity (Wildman–Crippen MR) is 105 cm³/mol. The molecule has 0 aromatic heterocycles. The number of nitrogens with one attached hydrogen (secondary N) is 1. The Morgan fingerprint density at radius 1 is 1.08 bits per heavy atom. The molecule has 3 rings (SSSR count). The average molecular weight is 375 g/mol. The Hall–Kier alpha value is -2.05. The molecule has 2 aromatic rings. The van der Waals surface area contributed by atoms with Gasteiger partial charge in [0.1, 0.15) is 0 Å². The molecule has 1 N–H and O–H groups in total. The molecular formula is C20H23F2N3S. The third kappa shape index (κ3) is 4.37. The monoisotopic (exact) mass is 375 g/mol. The van der Waals surface area contributed by atoms with Crippen molar-refractivity contribution in [3.63, 3.8) is 0 Å². The number of anilines is 1. The summed E-state index contributed by atoms with van der Waals surface area (Å²) in [4.78, 5) is 4.24. The highest BCUT2D eigenvalue weighted by molar-refractivity contribution is 7.80. The molecule has 3 nitrogen and oxygen atoms in total. The van der Waals surface area contributed by atoms with Gasteiger partial charge in [-0.25, -0.2) is 8.78 Å². The van der Waals surface area contributed by atoms with Crippen molar-refractivity contribution in [2.75, 3.05) is 31.5 Å². The van der Waals surface area contributed by atoms with Crippen LogP contribution in [-0.2, 0) is 6.54 Å². The van der Waals surface area contributed by atoms with Gasteiger partial charge in [-0.05, 0) is 49.3 Å². The van der Waals surface area contributed by atoms with Crippen molar-refractivity contribution in [2.45, 2.75) is 20.4 Å². The summed E-state index contributed by atoms with van der Waals surface area (Å²) in [5, 5.41) is 4.04. The normalized spacial score (nSPS) is 15.2. The third-order valence-electron chi connectivity index (χ3n) is 4.72. The van der Waals surface area contributed by atoms with Gasteiger partial charge in [-0.3, -0.25) is 4.90 Å². The smallest absolute Gasteiger partial charge is 0.173 e. The van der Waals surface area contributed by atoms with Gasteiger partial charge in [-0.1, -0.05) is 24.3 Å². The summed E-state index contributed by atoms with van der Waals surface area (Å²) in [6.45, 7) is 7.54. The Balaban J connectivity index is 1.55. The number of piperazine rings is 1. The van der Waals surface area contributed by atoms with Gasteiger partial charge in [-0.15, -0.1) is 0 Å². The Bertz CT molecular complexity index is 802. The van der Waals surface area contributed by atoms with Crippen molar-refractivity contribution in [2.24, 2.45) is 0 Å². The summed E-state index contributed by atoms with van der Waals surface area (Å²) < 4.78 is 27.2. The highest BCUT2D eigenvalue weighted by atomic mass is 32.1. The largest absolute Gasteiger partial charge is 0.346 e. The summed E-state index contributed by atoms with van der Waals surface area (Å²) in [5.74, 6) is -1.54. The molecule has 0 amide bonds. The van der Waals surface area contributed by atoms with Gasteiger partial charge in [0.25, 0.3) is 0 Å². The highest BCUT2D eigenvalue weighted by Crippen LogP contribution is 2.18. The van der Waals surface area contributed by atoms with Gasteiger partial charge in [0, 0.05) is 44.0 Å². The second-order valence-corrected chi connectivity index (χ2v) is 7.11. The van der Waals surface area contributed by atoms with E-state index in [9.17, 15) is 8.78 Å². The van der Waals surface area contributed by atoms with Crippen molar-refractivity contribution in [3.8, 4) is 0 Å². The number of hydrogen-bond acceptors (Lipinski definition) is 2. The molecule has 0 bridgehead atoms. The molecule has 0 radical (unpaired) electrons. The van der Waals surface area contributed by atoms with Gasteiger partial charge in [-0.2, -0.15) is 0 Å². The molecule has 1 fully saturated rings. The van der Waals surface area contributed by atoms with Crippen LogP contribution in [0.2, 0.25) is 0 Å². The molecule has 0 atom stereocenters. The maximum atomic E-state index is 13.8. The molecule has 0 spiro atoms. The van der Waals surface area contributed by atoms with Gasteiger partial charge < -0.3 is 10.2 Å². The van der Waals surface area contributed by atoms with Gasteiger partial charge in [0.05, 0.1) is 0 Å². The van der Waals surface area contributed by atoms with Crippen LogP contribution in [0.15, 0.2) is 36.4 Å². The van der Waals surface area contributed by atoms with Crippen molar-refractivity contribution in [3.05, 3.63) is 64.7 Å². The minimum Gasteiger partial charge on any atom is -0.346 e. The lowest BCUT2D eigenvalue weighted by Crippen LogP contribution is -2.49. The fourth-order valence-corrected chi connectivity index (χ4v) is 3.38. The van der Waals surface area contributed by atoms with Crippen LogP contribution in [0, 0.1) is 25.5 Å². The van der Waals surface area contributed by atoms with Crippen molar-refractivity contribution in [1.82, 2.24) is 9.80 Å². The Labute approximate surface area is 158 Å². The van der Waals surface area contributed by atoms with Crippen LogP contribution in [0.25, 0.3) is 0 Å². The zero-order valence-corrected chi connectivity index (χ0v) is 15.9. The van der Waals surface area contributed by atoms with Gasteiger partial charge in [0.15, 0.2) is 16.7 Å². The maximum absolute atomic E-state index is 13.8. The second kappa shape index (κ2) is 8.10. The molecule has 6 heteroatoms. The van der Waals surface area contributed by atoms with Crippen LogP contribution in [0.3, 0.4) is 0 Å². The van der Waals surface area contributed by atoms with Gasteiger partial charge >= 0.3 is 0 Å². The topological polar surface area (TPSA) is 18.5 Å². The number of nitrogens with zero attached hydrogens (tertiary/aromatic N) is 2. The molecule has 2 aromatic carbocycles. The first-order valence-corrected chi connectivity index (χ1v) is 9.13. The first kappa shape index (κ1) is 18.7. The third-order valence-corrected chi connectivity index (χ3v) is 5.08. The van der Waals surface area contributed by atoms with E-state index < -0.39 is 11.6 Å². The van der Waals surface area contributed by atoms with E-state index in [1.54, 1.807) is 12.1 Å².